The maximum Gasteiger partial charge on any atom is 0.275 e. The van der Waals surface area contributed by atoms with E-state index < -0.39 is 5.91 Å². The summed E-state index contributed by atoms with van der Waals surface area (Å²) in [6, 6.07) is 12.0. The molecule has 4 rings (SSSR count). The average molecular weight is 380 g/mol. The lowest BCUT2D eigenvalue weighted by molar-refractivity contribution is -0.00539. The van der Waals surface area contributed by atoms with Gasteiger partial charge in [-0.05, 0) is 44.2 Å². The van der Waals surface area contributed by atoms with Gasteiger partial charge in [-0.25, -0.2) is 9.37 Å². The molecule has 1 aromatic heterocycles. The van der Waals surface area contributed by atoms with Gasteiger partial charge in [0.2, 0.25) is 0 Å². The smallest absolute Gasteiger partial charge is 0.275 e. The standard InChI is InChI=1S/C21H21FN4O2/c1-13-11-26(12-14(2)28-13)20-8-7-15(9-16(20)22)24-21(27)19-10-23-17-5-3-4-6-18(17)25-19/h3-10,13-14H,11-12H2,1-2H3,(H,24,27)/t13-,14-/m0/s1. The molecule has 0 radical (unpaired) electrons. The van der Waals surface area contributed by atoms with E-state index in [1.165, 1.54) is 12.3 Å². The van der Waals surface area contributed by atoms with E-state index in [1.807, 2.05) is 36.9 Å². The van der Waals surface area contributed by atoms with Crippen molar-refractivity contribution in [2.24, 2.45) is 0 Å². The Kier molecular flexibility index (Phi) is 4.92. The number of nitrogens with one attached hydrogen (secondary N) is 1. The van der Waals surface area contributed by atoms with Crippen molar-refractivity contribution in [2.45, 2.75) is 26.1 Å². The first-order valence-corrected chi connectivity index (χ1v) is 9.22. The van der Waals surface area contributed by atoms with Crippen LogP contribution in [0.4, 0.5) is 15.8 Å². The van der Waals surface area contributed by atoms with Crippen LogP contribution in [0.5, 0.6) is 0 Å². The number of ether oxygens (including phenoxy) is 1. The van der Waals surface area contributed by atoms with Crippen LogP contribution in [0.3, 0.4) is 0 Å². The highest BCUT2D eigenvalue weighted by Crippen LogP contribution is 2.26. The van der Waals surface area contributed by atoms with Crippen molar-refractivity contribution in [2.75, 3.05) is 23.3 Å². The number of rotatable bonds is 3. The van der Waals surface area contributed by atoms with Gasteiger partial charge >= 0.3 is 0 Å². The zero-order chi connectivity index (χ0) is 19.7. The molecule has 144 valence electrons. The summed E-state index contributed by atoms with van der Waals surface area (Å²) >= 11 is 0. The topological polar surface area (TPSA) is 67.4 Å². The van der Waals surface area contributed by atoms with Gasteiger partial charge in [0.15, 0.2) is 0 Å². The van der Waals surface area contributed by atoms with E-state index in [0.29, 0.717) is 35.5 Å². The quantitative estimate of drug-likeness (QED) is 0.752. The second-order valence-corrected chi connectivity index (χ2v) is 7.03. The number of halogens is 1. The summed E-state index contributed by atoms with van der Waals surface area (Å²) in [6.45, 7) is 5.19. The lowest BCUT2D eigenvalue weighted by Crippen LogP contribution is -2.45. The Bertz CT molecular complexity index is 1020. The van der Waals surface area contributed by atoms with Crippen LogP contribution in [-0.4, -0.2) is 41.2 Å². The fourth-order valence-corrected chi connectivity index (χ4v) is 3.48. The average Bonchev–Trinajstić information content (AvgIpc) is 2.67. The van der Waals surface area contributed by atoms with Gasteiger partial charge in [-0.3, -0.25) is 9.78 Å². The van der Waals surface area contributed by atoms with Crippen molar-refractivity contribution in [1.82, 2.24) is 9.97 Å². The van der Waals surface area contributed by atoms with Gasteiger partial charge in [0.1, 0.15) is 11.5 Å². The highest BCUT2D eigenvalue weighted by atomic mass is 19.1. The van der Waals surface area contributed by atoms with Crippen molar-refractivity contribution in [3.8, 4) is 0 Å². The second kappa shape index (κ2) is 7.52. The number of morpholine rings is 1. The molecule has 1 N–H and O–H groups in total. The summed E-state index contributed by atoms with van der Waals surface area (Å²) in [6.07, 6.45) is 1.49. The van der Waals surface area contributed by atoms with Crippen LogP contribution in [0.2, 0.25) is 0 Å². The number of fused-ring (bicyclic) bond motifs is 1. The Morgan fingerprint density at radius 3 is 2.57 bits per heavy atom. The molecule has 1 aliphatic rings. The first-order valence-electron chi connectivity index (χ1n) is 9.22. The van der Waals surface area contributed by atoms with E-state index >= 15 is 0 Å². The molecule has 1 amide bonds. The highest BCUT2D eigenvalue weighted by Gasteiger charge is 2.24. The number of benzene rings is 2. The molecule has 28 heavy (non-hydrogen) atoms. The third-order valence-corrected chi connectivity index (χ3v) is 4.65. The molecule has 0 saturated carbocycles. The molecule has 1 aliphatic heterocycles. The summed E-state index contributed by atoms with van der Waals surface area (Å²) in [7, 11) is 0. The number of amides is 1. The molecule has 0 aliphatic carbocycles. The maximum absolute atomic E-state index is 14.7. The Morgan fingerprint density at radius 2 is 1.86 bits per heavy atom. The predicted molar refractivity (Wildman–Crippen MR) is 106 cm³/mol. The monoisotopic (exact) mass is 380 g/mol. The fourth-order valence-electron chi connectivity index (χ4n) is 3.48. The third kappa shape index (κ3) is 3.80. The van der Waals surface area contributed by atoms with Gasteiger partial charge in [0.25, 0.3) is 5.91 Å². The van der Waals surface area contributed by atoms with E-state index in [4.69, 9.17) is 4.74 Å². The van der Waals surface area contributed by atoms with Crippen molar-refractivity contribution >= 4 is 28.3 Å². The minimum Gasteiger partial charge on any atom is -0.372 e. The van der Waals surface area contributed by atoms with Crippen LogP contribution < -0.4 is 10.2 Å². The van der Waals surface area contributed by atoms with E-state index in [0.717, 1.165) is 0 Å². The van der Waals surface area contributed by atoms with Crippen LogP contribution in [0.25, 0.3) is 11.0 Å². The summed E-state index contributed by atoms with van der Waals surface area (Å²) in [5, 5.41) is 2.69. The molecule has 7 heteroatoms. The van der Waals surface area contributed by atoms with Crippen molar-refractivity contribution < 1.29 is 13.9 Å². The lowest BCUT2D eigenvalue weighted by Gasteiger charge is -2.37. The normalized spacial score (nSPS) is 19.6. The van der Waals surface area contributed by atoms with E-state index in [2.05, 4.69) is 15.3 Å². The summed E-state index contributed by atoms with van der Waals surface area (Å²) < 4.78 is 20.4. The minimum atomic E-state index is -0.431. The molecule has 0 spiro atoms. The van der Waals surface area contributed by atoms with E-state index in [-0.39, 0.29) is 23.7 Å². The largest absolute Gasteiger partial charge is 0.372 e. The summed E-state index contributed by atoms with van der Waals surface area (Å²) in [4.78, 5) is 23.0. The number of carbonyl (C=O) groups is 1. The molecule has 1 saturated heterocycles. The van der Waals surface area contributed by atoms with E-state index in [1.54, 1.807) is 18.2 Å². The van der Waals surface area contributed by atoms with Gasteiger partial charge in [0, 0.05) is 18.8 Å². The molecular formula is C21H21FN4O2. The zero-order valence-corrected chi connectivity index (χ0v) is 15.7. The molecule has 3 aromatic rings. The van der Waals surface area contributed by atoms with Gasteiger partial charge < -0.3 is 15.0 Å². The molecule has 6 nitrogen and oxygen atoms in total. The van der Waals surface area contributed by atoms with Gasteiger partial charge in [-0.15, -0.1) is 0 Å². The second-order valence-electron chi connectivity index (χ2n) is 7.03. The molecule has 0 unspecified atom stereocenters. The van der Waals surface area contributed by atoms with Gasteiger partial charge in [0.05, 0.1) is 35.1 Å². The number of para-hydroxylation sites is 2. The zero-order valence-electron chi connectivity index (χ0n) is 15.7. The first-order chi connectivity index (χ1) is 13.5. The SMILES string of the molecule is C[C@H]1CN(c2ccc(NC(=O)c3cnc4ccccc4n3)cc2F)C[C@H](C)O1. The van der Waals surface area contributed by atoms with Crippen molar-refractivity contribution in [1.29, 1.82) is 0 Å². The van der Waals surface area contributed by atoms with Crippen molar-refractivity contribution in [3.05, 3.63) is 60.2 Å². The van der Waals surface area contributed by atoms with Crippen LogP contribution in [0.1, 0.15) is 24.3 Å². The number of anilines is 2. The predicted octanol–water partition coefficient (Wildman–Crippen LogP) is 3.63. The first kappa shape index (κ1) is 18.3. The molecule has 2 heterocycles. The molecule has 2 aromatic carbocycles. The number of nitrogens with zero attached hydrogens (tertiary/aromatic N) is 3. The lowest BCUT2D eigenvalue weighted by atomic mass is 10.2. The maximum atomic E-state index is 14.7. The van der Waals surface area contributed by atoms with Crippen LogP contribution in [0, 0.1) is 5.82 Å². The highest BCUT2D eigenvalue weighted by molar-refractivity contribution is 6.03. The molecule has 1 fully saturated rings. The number of aromatic nitrogens is 2. The third-order valence-electron chi connectivity index (χ3n) is 4.65. The Morgan fingerprint density at radius 1 is 1.14 bits per heavy atom. The van der Waals surface area contributed by atoms with Crippen LogP contribution >= 0.6 is 0 Å². The summed E-state index contributed by atoms with van der Waals surface area (Å²) in [5.74, 6) is -0.817. The number of carbonyl (C=O) groups excluding carboxylic acids is 1. The number of hydrogen-bond donors (Lipinski definition) is 1. The Labute approximate surface area is 162 Å². The van der Waals surface area contributed by atoms with Crippen LogP contribution in [-0.2, 0) is 4.74 Å². The Hall–Kier alpha value is -3.06. The summed E-state index contributed by atoms with van der Waals surface area (Å²) in [5.41, 5.74) is 2.40. The van der Waals surface area contributed by atoms with Crippen LogP contribution in [0.15, 0.2) is 48.7 Å². The van der Waals surface area contributed by atoms with E-state index in [9.17, 15) is 9.18 Å². The van der Waals surface area contributed by atoms with Gasteiger partial charge in [-0.1, -0.05) is 12.1 Å². The molecule has 2 atom stereocenters. The Balaban J connectivity index is 1.51. The van der Waals surface area contributed by atoms with Crippen molar-refractivity contribution in [3.63, 3.8) is 0 Å². The minimum absolute atomic E-state index is 0.0361. The molecular weight excluding hydrogens is 359 g/mol. The number of hydrogen-bond acceptors (Lipinski definition) is 5. The fraction of sp³-hybridized carbons (Fsp3) is 0.286. The molecule has 0 bridgehead atoms. The van der Waals surface area contributed by atoms with Gasteiger partial charge in [-0.2, -0.15) is 0 Å².